The van der Waals surface area contributed by atoms with E-state index in [-0.39, 0.29) is 11.3 Å². The molecule has 3 aromatic rings. The second-order valence-corrected chi connectivity index (χ2v) is 8.66. The molecule has 1 aliphatic carbocycles. The summed E-state index contributed by atoms with van der Waals surface area (Å²) in [5.74, 6) is 0.389. The first kappa shape index (κ1) is 20.2. The topological polar surface area (TPSA) is 64.4 Å². The number of hydrogen-bond acceptors (Lipinski definition) is 5. The van der Waals surface area contributed by atoms with Gasteiger partial charge in [-0.05, 0) is 57.1 Å². The number of ketones is 1. The molecular weight excluding hydrogens is 414 g/mol. The zero-order chi connectivity index (χ0) is 21.5. The lowest BCUT2D eigenvalue weighted by Crippen LogP contribution is -2.32. The van der Waals surface area contributed by atoms with Crippen molar-refractivity contribution < 1.29 is 9.53 Å². The second-order valence-electron chi connectivity index (χ2n) is 8.23. The predicted octanol–water partition coefficient (Wildman–Crippen LogP) is 4.15. The van der Waals surface area contributed by atoms with E-state index < -0.39 is 0 Å². The Kier molecular flexibility index (Phi) is 5.28. The first-order chi connectivity index (χ1) is 15.1. The van der Waals surface area contributed by atoms with Crippen molar-refractivity contribution in [3.63, 3.8) is 0 Å². The number of methoxy groups -OCH3 is 1. The molecule has 7 heteroatoms. The summed E-state index contributed by atoms with van der Waals surface area (Å²) in [5, 5.41) is 1.57. The number of halogens is 1. The number of aromatic nitrogens is 2. The van der Waals surface area contributed by atoms with Crippen molar-refractivity contribution in [1.82, 2.24) is 14.5 Å². The average Bonchev–Trinajstić information content (AvgIpc) is 3.08. The molecule has 0 radical (unpaired) electrons. The molecule has 0 atom stereocenters. The summed E-state index contributed by atoms with van der Waals surface area (Å²) in [6.45, 7) is 3.69. The summed E-state index contributed by atoms with van der Waals surface area (Å²) >= 11 is 6.20. The quantitative estimate of drug-likeness (QED) is 0.469. The fourth-order valence-corrected chi connectivity index (χ4v) is 4.97. The smallest absolute Gasteiger partial charge is 0.259 e. The summed E-state index contributed by atoms with van der Waals surface area (Å²) < 4.78 is 6.99. The molecule has 0 unspecified atom stereocenters. The van der Waals surface area contributed by atoms with Gasteiger partial charge in [0.25, 0.3) is 5.56 Å². The zero-order valence-electron chi connectivity index (χ0n) is 17.5. The van der Waals surface area contributed by atoms with Crippen molar-refractivity contribution in [1.29, 1.82) is 0 Å². The summed E-state index contributed by atoms with van der Waals surface area (Å²) in [4.78, 5) is 33.8. The molecule has 0 spiro atoms. The third-order valence-electron chi connectivity index (χ3n) is 6.33. The number of pyridine rings is 2. The second kappa shape index (κ2) is 8.09. The molecule has 1 saturated heterocycles. The minimum absolute atomic E-state index is 0.131. The maximum Gasteiger partial charge on any atom is 0.259 e. The Morgan fingerprint density at radius 1 is 1.06 bits per heavy atom. The Labute approximate surface area is 185 Å². The number of rotatable bonds is 5. The predicted molar refractivity (Wildman–Crippen MR) is 121 cm³/mol. The number of piperidine rings is 1. The van der Waals surface area contributed by atoms with Gasteiger partial charge in [0.2, 0.25) is 0 Å². The molecule has 2 aromatic heterocycles. The normalized spacial score (nSPS) is 15.9. The fourth-order valence-electron chi connectivity index (χ4n) is 4.80. The molecule has 0 N–H and O–H groups in total. The number of likely N-dealkylation sites (tertiary alicyclic amines) is 1. The standard InChI is InChI=1S/C24H24ClN3O3/c1-31-16-13-19-21(26-14-16)22-20(23(19)29)17-7-6-15(25)12-18(17)24(30)28(22)11-5-10-27-8-3-2-4-9-27/h6-7,12-14H,2-5,8-11H2,1H3. The van der Waals surface area contributed by atoms with Crippen LogP contribution in [0.5, 0.6) is 5.75 Å². The van der Waals surface area contributed by atoms with E-state index >= 15 is 0 Å². The van der Waals surface area contributed by atoms with E-state index in [1.165, 1.54) is 19.3 Å². The van der Waals surface area contributed by atoms with Gasteiger partial charge in [0.1, 0.15) is 5.75 Å². The first-order valence-corrected chi connectivity index (χ1v) is 11.1. The van der Waals surface area contributed by atoms with Crippen LogP contribution in [0.2, 0.25) is 5.02 Å². The lowest BCUT2D eigenvalue weighted by molar-refractivity contribution is 0.104. The van der Waals surface area contributed by atoms with Crippen LogP contribution in [0.15, 0.2) is 35.3 Å². The van der Waals surface area contributed by atoms with E-state index in [1.54, 1.807) is 42.1 Å². The summed E-state index contributed by atoms with van der Waals surface area (Å²) in [6.07, 6.45) is 6.19. The van der Waals surface area contributed by atoms with Gasteiger partial charge in [0.15, 0.2) is 5.78 Å². The van der Waals surface area contributed by atoms with Gasteiger partial charge >= 0.3 is 0 Å². The number of hydrogen-bond donors (Lipinski definition) is 0. The molecule has 160 valence electrons. The van der Waals surface area contributed by atoms with Crippen molar-refractivity contribution in [2.24, 2.45) is 0 Å². The number of nitrogens with zero attached hydrogens (tertiary/aromatic N) is 3. The van der Waals surface area contributed by atoms with Crippen LogP contribution in [-0.2, 0) is 6.54 Å². The van der Waals surface area contributed by atoms with Crippen molar-refractivity contribution in [2.45, 2.75) is 32.2 Å². The van der Waals surface area contributed by atoms with Crippen LogP contribution in [0.1, 0.15) is 41.6 Å². The number of ether oxygens (including phenoxy) is 1. The third-order valence-corrected chi connectivity index (χ3v) is 6.57. The van der Waals surface area contributed by atoms with Crippen LogP contribution in [0.4, 0.5) is 0 Å². The molecule has 31 heavy (non-hydrogen) atoms. The molecule has 0 bridgehead atoms. The number of benzene rings is 1. The average molecular weight is 438 g/mol. The van der Waals surface area contributed by atoms with E-state index in [9.17, 15) is 9.59 Å². The van der Waals surface area contributed by atoms with E-state index in [0.717, 1.165) is 26.1 Å². The largest absolute Gasteiger partial charge is 0.495 e. The first-order valence-electron chi connectivity index (χ1n) is 10.8. The van der Waals surface area contributed by atoms with E-state index in [1.807, 2.05) is 0 Å². The van der Waals surface area contributed by atoms with Crippen LogP contribution in [0.25, 0.3) is 22.2 Å². The molecule has 1 aliphatic heterocycles. The number of fused-ring (bicyclic) bond motifs is 5. The highest BCUT2D eigenvalue weighted by Gasteiger charge is 2.34. The maximum atomic E-state index is 13.5. The van der Waals surface area contributed by atoms with Gasteiger partial charge in [-0.25, -0.2) is 0 Å². The monoisotopic (exact) mass is 437 g/mol. The van der Waals surface area contributed by atoms with Gasteiger partial charge in [0, 0.05) is 22.3 Å². The number of carbonyl (C=O) groups is 1. The van der Waals surface area contributed by atoms with Crippen molar-refractivity contribution in [3.05, 3.63) is 57.0 Å². The molecular formula is C24H24ClN3O3. The van der Waals surface area contributed by atoms with Crippen LogP contribution < -0.4 is 10.3 Å². The van der Waals surface area contributed by atoms with Crippen LogP contribution >= 0.6 is 11.6 Å². The summed E-state index contributed by atoms with van der Waals surface area (Å²) in [6, 6.07) is 6.84. The van der Waals surface area contributed by atoms with E-state index in [0.29, 0.717) is 50.6 Å². The highest BCUT2D eigenvalue weighted by molar-refractivity contribution is 6.32. The Hall–Kier alpha value is -2.70. The fraction of sp³-hybridized carbons (Fsp3) is 0.375. The number of carbonyl (C=O) groups excluding carboxylic acids is 1. The Balaban J connectivity index is 1.63. The van der Waals surface area contributed by atoms with Crippen molar-refractivity contribution >= 4 is 28.2 Å². The van der Waals surface area contributed by atoms with E-state index in [4.69, 9.17) is 16.3 Å². The molecule has 5 rings (SSSR count). The van der Waals surface area contributed by atoms with E-state index in [2.05, 4.69) is 9.88 Å². The molecule has 3 heterocycles. The lowest BCUT2D eigenvalue weighted by Gasteiger charge is -2.26. The van der Waals surface area contributed by atoms with Gasteiger partial charge in [-0.15, -0.1) is 0 Å². The lowest BCUT2D eigenvalue weighted by atomic mass is 10.0. The highest BCUT2D eigenvalue weighted by Crippen LogP contribution is 2.39. The van der Waals surface area contributed by atoms with Gasteiger partial charge in [-0.1, -0.05) is 24.1 Å². The minimum atomic E-state index is -0.131. The summed E-state index contributed by atoms with van der Waals surface area (Å²) in [7, 11) is 1.55. The molecule has 0 saturated carbocycles. The van der Waals surface area contributed by atoms with Crippen LogP contribution in [0.3, 0.4) is 0 Å². The molecule has 1 fully saturated rings. The van der Waals surface area contributed by atoms with Crippen LogP contribution in [-0.4, -0.2) is 47.0 Å². The van der Waals surface area contributed by atoms with Gasteiger partial charge < -0.3 is 14.2 Å². The molecule has 6 nitrogen and oxygen atoms in total. The van der Waals surface area contributed by atoms with Gasteiger partial charge in [0.05, 0.1) is 35.8 Å². The summed E-state index contributed by atoms with van der Waals surface area (Å²) in [5.41, 5.74) is 2.03. The molecule has 1 aromatic carbocycles. The Morgan fingerprint density at radius 3 is 2.65 bits per heavy atom. The maximum absolute atomic E-state index is 13.5. The van der Waals surface area contributed by atoms with Crippen molar-refractivity contribution in [2.75, 3.05) is 26.7 Å². The zero-order valence-corrected chi connectivity index (χ0v) is 18.2. The Bertz CT molecular complexity index is 1250. The molecule has 2 aliphatic rings. The third kappa shape index (κ3) is 3.44. The van der Waals surface area contributed by atoms with Gasteiger partial charge in [-0.3, -0.25) is 14.6 Å². The minimum Gasteiger partial charge on any atom is -0.495 e. The SMILES string of the molecule is COc1cnc2c(c1)C(=O)c1c-2n(CCCN2CCCCC2)c(=O)c2cc(Cl)ccc12. The Morgan fingerprint density at radius 2 is 1.87 bits per heavy atom. The highest BCUT2D eigenvalue weighted by atomic mass is 35.5. The van der Waals surface area contributed by atoms with Gasteiger partial charge in [-0.2, -0.15) is 0 Å². The van der Waals surface area contributed by atoms with Crippen LogP contribution in [0, 0.1) is 0 Å². The molecule has 0 amide bonds. The van der Waals surface area contributed by atoms with Crippen molar-refractivity contribution in [3.8, 4) is 17.1 Å².